The molecule has 162 valence electrons. The Morgan fingerprint density at radius 2 is 1.61 bits per heavy atom. The van der Waals surface area contributed by atoms with E-state index < -0.39 is 10.0 Å². The summed E-state index contributed by atoms with van der Waals surface area (Å²) >= 11 is 15.5. The Balaban J connectivity index is 1.45. The Morgan fingerprint density at radius 3 is 2.16 bits per heavy atom. The van der Waals surface area contributed by atoms with Gasteiger partial charge in [-0.2, -0.15) is 9.40 Å². The normalized spacial score (nSPS) is 15.3. The van der Waals surface area contributed by atoms with Crippen LogP contribution in [0.1, 0.15) is 10.4 Å². The molecule has 1 aromatic heterocycles. The van der Waals surface area contributed by atoms with Crippen molar-refractivity contribution >= 4 is 55.1 Å². The summed E-state index contributed by atoms with van der Waals surface area (Å²) in [6.45, 7) is 0.811. The second-order valence-electron chi connectivity index (χ2n) is 6.78. The summed E-state index contributed by atoms with van der Waals surface area (Å²) in [5.41, 5.74) is 1.30. The molecule has 1 saturated heterocycles. The fraction of sp³-hybridized carbons (Fsp3) is 0.211. The van der Waals surface area contributed by atoms with Gasteiger partial charge in [0.15, 0.2) is 0 Å². The topological polar surface area (TPSA) is 88.4 Å². The van der Waals surface area contributed by atoms with E-state index in [2.05, 4.69) is 26.0 Å². The number of rotatable bonds is 4. The molecule has 1 aliphatic rings. The molecule has 0 atom stereocenters. The van der Waals surface area contributed by atoms with Crippen LogP contribution in [0.15, 0.2) is 58.4 Å². The van der Waals surface area contributed by atoms with Crippen LogP contribution in [0.3, 0.4) is 0 Å². The fourth-order valence-corrected chi connectivity index (χ4v) is 6.62. The predicted molar refractivity (Wildman–Crippen MR) is 120 cm³/mol. The molecule has 0 bridgehead atoms. The Bertz CT molecular complexity index is 1190. The minimum Gasteiger partial charge on any atom is -0.336 e. The van der Waals surface area contributed by atoms with Crippen LogP contribution < -0.4 is 0 Å². The van der Waals surface area contributed by atoms with E-state index in [4.69, 9.17) is 23.2 Å². The number of benzene rings is 2. The number of carbonyl (C=O) groups excluding carboxylic acids is 1. The van der Waals surface area contributed by atoms with Gasteiger partial charge in [0.05, 0.1) is 15.7 Å². The zero-order valence-electron chi connectivity index (χ0n) is 16.0. The van der Waals surface area contributed by atoms with Gasteiger partial charge in [-0.05, 0) is 36.4 Å². The van der Waals surface area contributed by atoms with Crippen molar-refractivity contribution < 1.29 is 13.2 Å². The molecular formula is C19H16BrCl2N5O3S. The Morgan fingerprint density at radius 1 is 1.00 bits per heavy atom. The van der Waals surface area contributed by atoms with E-state index in [1.165, 1.54) is 22.8 Å². The number of amides is 1. The Hall–Kier alpha value is -1.98. The first kappa shape index (κ1) is 22.2. The van der Waals surface area contributed by atoms with Gasteiger partial charge in [-0.1, -0.05) is 39.1 Å². The van der Waals surface area contributed by atoms with Crippen molar-refractivity contribution in [2.75, 3.05) is 26.2 Å². The lowest BCUT2D eigenvalue weighted by Crippen LogP contribution is -2.50. The number of aromatic nitrogens is 3. The maximum absolute atomic E-state index is 13.1. The van der Waals surface area contributed by atoms with Gasteiger partial charge in [-0.15, -0.1) is 0 Å². The molecule has 1 aliphatic heterocycles. The molecule has 0 radical (unpaired) electrons. The van der Waals surface area contributed by atoms with Gasteiger partial charge >= 0.3 is 0 Å². The Labute approximate surface area is 197 Å². The summed E-state index contributed by atoms with van der Waals surface area (Å²) in [5, 5.41) is 4.14. The third kappa shape index (κ3) is 4.49. The minimum absolute atomic E-state index is 0.0466. The summed E-state index contributed by atoms with van der Waals surface area (Å²) in [6.07, 6.45) is 3.00. The number of sulfonamides is 1. The summed E-state index contributed by atoms with van der Waals surface area (Å²) in [7, 11) is -3.89. The number of hydrogen-bond donors (Lipinski definition) is 0. The molecule has 1 fully saturated rings. The zero-order chi connectivity index (χ0) is 22.2. The monoisotopic (exact) mass is 543 g/mol. The van der Waals surface area contributed by atoms with Crippen LogP contribution >= 0.6 is 39.1 Å². The van der Waals surface area contributed by atoms with Crippen molar-refractivity contribution in [2.24, 2.45) is 0 Å². The molecule has 4 rings (SSSR count). The first-order chi connectivity index (χ1) is 14.8. The number of halogens is 3. The van der Waals surface area contributed by atoms with E-state index in [0.29, 0.717) is 10.0 Å². The molecule has 31 heavy (non-hydrogen) atoms. The fourth-order valence-electron chi connectivity index (χ4n) is 3.32. The highest BCUT2D eigenvalue weighted by atomic mass is 79.9. The highest BCUT2D eigenvalue weighted by molar-refractivity contribution is 9.10. The third-order valence-electron chi connectivity index (χ3n) is 4.88. The summed E-state index contributed by atoms with van der Waals surface area (Å²) in [6, 6.07) is 9.96. The third-order valence-corrected chi connectivity index (χ3v) is 8.16. The summed E-state index contributed by atoms with van der Waals surface area (Å²) in [4.78, 5) is 18.2. The quantitative estimate of drug-likeness (QED) is 0.501. The lowest BCUT2D eigenvalue weighted by Gasteiger charge is -2.34. The molecule has 0 aliphatic carbocycles. The van der Waals surface area contributed by atoms with Crippen molar-refractivity contribution in [3.8, 4) is 5.69 Å². The van der Waals surface area contributed by atoms with Gasteiger partial charge in [0.25, 0.3) is 5.91 Å². The molecule has 0 N–H and O–H groups in total. The molecular weight excluding hydrogens is 529 g/mol. The lowest BCUT2D eigenvalue weighted by atomic mass is 10.1. The molecule has 0 saturated carbocycles. The molecule has 2 aromatic carbocycles. The van der Waals surface area contributed by atoms with Gasteiger partial charge < -0.3 is 4.90 Å². The second-order valence-corrected chi connectivity index (χ2v) is 10.4. The smallest absolute Gasteiger partial charge is 0.253 e. The molecule has 0 unspecified atom stereocenters. The van der Waals surface area contributed by atoms with E-state index >= 15 is 0 Å². The van der Waals surface area contributed by atoms with E-state index in [9.17, 15) is 13.2 Å². The summed E-state index contributed by atoms with van der Waals surface area (Å²) in [5.74, 6) is -0.165. The minimum atomic E-state index is -3.89. The molecule has 1 amide bonds. The molecule has 2 heterocycles. The van der Waals surface area contributed by atoms with Crippen molar-refractivity contribution in [3.63, 3.8) is 0 Å². The van der Waals surface area contributed by atoms with Crippen LogP contribution in [0, 0.1) is 0 Å². The van der Waals surface area contributed by atoms with Crippen molar-refractivity contribution in [1.29, 1.82) is 0 Å². The highest BCUT2D eigenvalue weighted by Crippen LogP contribution is 2.35. The van der Waals surface area contributed by atoms with Crippen LogP contribution in [0.2, 0.25) is 10.0 Å². The summed E-state index contributed by atoms with van der Waals surface area (Å²) < 4.78 is 29.6. The van der Waals surface area contributed by atoms with Gasteiger partial charge in [-0.3, -0.25) is 4.79 Å². The van der Waals surface area contributed by atoms with Crippen LogP contribution in [0.5, 0.6) is 0 Å². The number of nitrogens with zero attached hydrogens (tertiary/aromatic N) is 5. The molecule has 0 spiro atoms. The maximum Gasteiger partial charge on any atom is 0.253 e. The first-order valence-corrected chi connectivity index (χ1v) is 12.2. The van der Waals surface area contributed by atoms with Crippen molar-refractivity contribution in [2.45, 2.75) is 4.90 Å². The maximum atomic E-state index is 13.1. The highest BCUT2D eigenvalue weighted by Gasteiger charge is 2.33. The van der Waals surface area contributed by atoms with Gasteiger partial charge in [0.2, 0.25) is 10.0 Å². The van der Waals surface area contributed by atoms with Crippen LogP contribution in [0.4, 0.5) is 0 Å². The second kappa shape index (κ2) is 8.87. The van der Waals surface area contributed by atoms with E-state index in [1.54, 1.807) is 40.2 Å². The van der Waals surface area contributed by atoms with Crippen LogP contribution in [0.25, 0.3) is 5.69 Å². The van der Waals surface area contributed by atoms with E-state index in [0.717, 1.165) is 5.69 Å². The number of piperazine rings is 1. The Kier molecular flexibility index (Phi) is 6.36. The lowest BCUT2D eigenvalue weighted by molar-refractivity contribution is 0.0698. The predicted octanol–water partition coefficient (Wildman–Crippen LogP) is 3.48. The first-order valence-electron chi connectivity index (χ1n) is 9.16. The zero-order valence-corrected chi connectivity index (χ0v) is 19.9. The van der Waals surface area contributed by atoms with Gasteiger partial charge in [0.1, 0.15) is 17.6 Å². The average molecular weight is 545 g/mol. The van der Waals surface area contributed by atoms with Gasteiger partial charge in [-0.25, -0.2) is 18.1 Å². The number of hydrogen-bond acceptors (Lipinski definition) is 5. The molecule has 8 nitrogen and oxygen atoms in total. The standard InChI is InChI=1S/C19H16BrCl2N5O3S/c20-14-9-16(21)18(17(22)10-14)31(29,30)26-7-5-25(6-8-26)19(28)13-1-3-15(4-2-13)27-12-23-11-24-27/h1-4,9-12H,5-8H2. The molecule has 3 aromatic rings. The largest absolute Gasteiger partial charge is 0.336 e. The number of carbonyl (C=O) groups is 1. The van der Waals surface area contributed by atoms with Crippen molar-refractivity contribution in [3.05, 3.63) is 69.1 Å². The molecule has 12 heteroatoms. The van der Waals surface area contributed by atoms with Gasteiger partial charge in [0, 0.05) is 36.2 Å². The van der Waals surface area contributed by atoms with Crippen LogP contribution in [-0.2, 0) is 10.0 Å². The average Bonchev–Trinajstić information content (AvgIpc) is 3.27. The van der Waals surface area contributed by atoms with Crippen LogP contribution in [-0.4, -0.2) is 64.5 Å². The van der Waals surface area contributed by atoms with E-state index in [1.807, 2.05) is 0 Å². The SMILES string of the molecule is O=C(c1ccc(-n2cncn2)cc1)N1CCN(S(=O)(=O)c2c(Cl)cc(Br)cc2Cl)CC1. The van der Waals surface area contributed by atoms with Crippen molar-refractivity contribution in [1.82, 2.24) is 24.0 Å². The van der Waals surface area contributed by atoms with E-state index in [-0.39, 0.29) is 47.0 Å².